The number of benzene rings is 1. The van der Waals surface area contributed by atoms with Crippen LogP contribution in [-0.2, 0) is 10.5 Å². The van der Waals surface area contributed by atoms with Crippen LogP contribution in [0.4, 0.5) is 0 Å². The summed E-state index contributed by atoms with van der Waals surface area (Å²) in [5, 5.41) is 1.38. The van der Waals surface area contributed by atoms with Gasteiger partial charge in [-0.25, -0.2) is 0 Å². The van der Waals surface area contributed by atoms with Gasteiger partial charge in [-0.05, 0) is 24.5 Å². The number of amidine groups is 1. The standard InChI is InChI=1S/C13H17ClN2OS/c14-12-6-2-1-4-10(12)9-18-13(15)16-8-11-5-3-7-17-11/h1-2,4,6,11H,3,5,7-9H2,(H2,15,16)/t11-/m0/s1. The lowest BCUT2D eigenvalue weighted by Crippen LogP contribution is -2.14. The van der Waals surface area contributed by atoms with E-state index in [4.69, 9.17) is 22.1 Å². The third-order valence-electron chi connectivity index (χ3n) is 2.81. The second-order valence-electron chi connectivity index (χ2n) is 4.19. The molecule has 18 heavy (non-hydrogen) atoms. The van der Waals surface area contributed by atoms with Gasteiger partial charge < -0.3 is 10.5 Å². The van der Waals surface area contributed by atoms with E-state index in [0.29, 0.717) is 11.7 Å². The van der Waals surface area contributed by atoms with E-state index in [1.807, 2.05) is 24.3 Å². The molecule has 0 saturated carbocycles. The number of ether oxygens (including phenoxy) is 1. The van der Waals surface area contributed by atoms with Crippen LogP contribution in [-0.4, -0.2) is 24.4 Å². The van der Waals surface area contributed by atoms with Crippen molar-refractivity contribution in [1.29, 1.82) is 0 Å². The van der Waals surface area contributed by atoms with Crippen molar-refractivity contribution in [2.45, 2.75) is 24.7 Å². The van der Waals surface area contributed by atoms with Crippen LogP contribution in [0.1, 0.15) is 18.4 Å². The highest BCUT2D eigenvalue weighted by atomic mass is 35.5. The zero-order valence-corrected chi connectivity index (χ0v) is 11.7. The van der Waals surface area contributed by atoms with Crippen LogP contribution in [0.2, 0.25) is 5.02 Å². The maximum atomic E-state index is 6.07. The number of rotatable bonds is 4. The lowest BCUT2D eigenvalue weighted by Gasteiger charge is -2.07. The highest BCUT2D eigenvalue weighted by Gasteiger charge is 2.14. The maximum Gasteiger partial charge on any atom is 0.154 e. The van der Waals surface area contributed by atoms with E-state index in [-0.39, 0.29) is 6.10 Å². The van der Waals surface area contributed by atoms with Gasteiger partial charge >= 0.3 is 0 Å². The van der Waals surface area contributed by atoms with Gasteiger partial charge in [0.15, 0.2) is 5.17 Å². The first-order chi connectivity index (χ1) is 8.75. The van der Waals surface area contributed by atoms with Crippen molar-refractivity contribution in [1.82, 2.24) is 0 Å². The molecule has 1 aromatic rings. The fraction of sp³-hybridized carbons (Fsp3) is 0.462. The average Bonchev–Trinajstić information content (AvgIpc) is 2.88. The Hall–Kier alpha value is -0.710. The molecule has 0 aliphatic carbocycles. The summed E-state index contributed by atoms with van der Waals surface area (Å²) in [6.07, 6.45) is 2.48. The van der Waals surface area contributed by atoms with E-state index in [1.165, 1.54) is 11.8 Å². The predicted molar refractivity (Wildman–Crippen MR) is 78.2 cm³/mol. The quantitative estimate of drug-likeness (QED) is 0.683. The summed E-state index contributed by atoms with van der Waals surface area (Å²) in [6, 6.07) is 7.78. The Kier molecular flexibility index (Phi) is 5.35. The Morgan fingerprint density at radius 2 is 2.33 bits per heavy atom. The average molecular weight is 285 g/mol. The molecule has 1 fully saturated rings. The molecule has 3 nitrogen and oxygen atoms in total. The summed E-state index contributed by atoms with van der Waals surface area (Å²) in [6.45, 7) is 1.52. The number of hydrogen-bond donors (Lipinski definition) is 1. The molecule has 1 atom stereocenters. The van der Waals surface area contributed by atoms with Gasteiger partial charge in [0.05, 0.1) is 12.6 Å². The van der Waals surface area contributed by atoms with Gasteiger partial charge in [-0.1, -0.05) is 41.6 Å². The Morgan fingerprint density at radius 3 is 3.06 bits per heavy atom. The molecule has 0 radical (unpaired) electrons. The molecule has 1 aromatic carbocycles. The molecule has 98 valence electrons. The number of halogens is 1. The first-order valence-electron chi connectivity index (χ1n) is 6.03. The fourth-order valence-electron chi connectivity index (χ4n) is 1.79. The molecule has 0 amide bonds. The van der Waals surface area contributed by atoms with Crippen molar-refractivity contribution >= 4 is 28.5 Å². The van der Waals surface area contributed by atoms with Crippen molar-refractivity contribution in [3.8, 4) is 0 Å². The SMILES string of the molecule is NC(=NC[C@@H]1CCCO1)SCc1ccccc1Cl. The van der Waals surface area contributed by atoms with Crippen molar-refractivity contribution in [3.63, 3.8) is 0 Å². The monoisotopic (exact) mass is 284 g/mol. The second kappa shape index (κ2) is 7.02. The minimum Gasteiger partial charge on any atom is -0.379 e. The van der Waals surface area contributed by atoms with E-state index in [9.17, 15) is 0 Å². The number of hydrogen-bond acceptors (Lipinski definition) is 3. The molecule has 0 aromatic heterocycles. The van der Waals surface area contributed by atoms with E-state index < -0.39 is 0 Å². The highest BCUT2D eigenvalue weighted by molar-refractivity contribution is 8.13. The van der Waals surface area contributed by atoms with E-state index in [1.54, 1.807) is 0 Å². The molecule has 1 aliphatic heterocycles. The van der Waals surface area contributed by atoms with Crippen LogP contribution >= 0.6 is 23.4 Å². The highest BCUT2D eigenvalue weighted by Crippen LogP contribution is 2.21. The smallest absolute Gasteiger partial charge is 0.154 e. The summed E-state index contributed by atoms with van der Waals surface area (Å²) in [5.41, 5.74) is 6.95. The Morgan fingerprint density at radius 1 is 1.50 bits per heavy atom. The van der Waals surface area contributed by atoms with Crippen LogP contribution in [0.25, 0.3) is 0 Å². The predicted octanol–water partition coefficient (Wildman–Crippen LogP) is 3.07. The van der Waals surface area contributed by atoms with Gasteiger partial charge in [0.1, 0.15) is 0 Å². The summed E-state index contributed by atoms with van der Waals surface area (Å²) in [7, 11) is 0. The van der Waals surface area contributed by atoms with Gasteiger partial charge in [0.25, 0.3) is 0 Å². The zero-order chi connectivity index (χ0) is 12.8. The van der Waals surface area contributed by atoms with Crippen molar-refractivity contribution in [2.75, 3.05) is 13.2 Å². The van der Waals surface area contributed by atoms with Crippen molar-refractivity contribution < 1.29 is 4.74 Å². The normalized spacial score (nSPS) is 20.3. The van der Waals surface area contributed by atoms with Crippen LogP contribution in [0, 0.1) is 0 Å². The number of thioether (sulfide) groups is 1. The van der Waals surface area contributed by atoms with Crippen LogP contribution in [0.5, 0.6) is 0 Å². The first kappa shape index (κ1) is 13.7. The second-order valence-corrected chi connectivity index (χ2v) is 5.60. The molecular weight excluding hydrogens is 268 g/mol. The molecule has 0 spiro atoms. The minimum absolute atomic E-state index is 0.254. The third-order valence-corrected chi connectivity index (χ3v) is 4.06. The lowest BCUT2D eigenvalue weighted by molar-refractivity contribution is 0.118. The number of aliphatic imine (C=N–C) groups is 1. The maximum absolute atomic E-state index is 6.07. The van der Waals surface area contributed by atoms with Crippen molar-refractivity contribution in [3.05, 3.63) is 34.9 Å². The lowest BCUT2D eigenvalue weighted by atomic mass is 10.2. The van der Waals surface area contributed by atoms with Gasteiger partial charge in [-0.2, -0.15) is 0 Å². The molecule has 2 N–H and O–H groups in total. The zero-order valence-electron chi connectivity index (χ0n) is 10.1. The molecule has 1 saturated heterocycles. The van der Waals surface area contributed by atoms with E-state index in [2.05, 4.69) is 4.99 Å². The molecular formula is C13H17ClN2OS. The van der Waals surface area contributed by atoms with Crippen molar-refractivity contribution in [2.24, 2.45) is 10.7 Å². The largest absolute Gasteiger partial charge is 0.379 e. The molecule has 1 aliphatic rings. The summed E-state index contributed by atoms with van der Waals surface area (Å²) < 4.78 is 5.49. The molecule has 2 rings (SSSR count). The number of nitrogens with zero attached hydrogens (tertiary/aromatic N) is 1. The number of nitrogens with two attached hydrogens (primary N) is 1. The van der Waals surface area contributed by atoms with E-state index in [0.717, 1.165) is 35.8 Å². The van der Waals surface area contributed by atoms with Crippen LogP contribution < -0.4 is 5.73 Å². The molecule has 5 heteroatoms. The van der Waals surface area contributed by atoms with Gasteiger partial charge in [-0.3, -0.25) is 4.99 Å². The van der Waals surface area contributed by atoms with E-state index >= 15 is 0 Å². The first-order valence-corrected chi connectivity index (χ1v) is 7.40. The topological polar surface area (TPSA) is 47.6 Å². The Bertz CT molecular complexity index is 419. The summed E-state index contributed by atoms with van der Waals surface area (Å²) in [4.78, 5) is 4.34. The third kappa shape index (κ3) is 4.19. The van der Waals surface area contributed by atoms with Crippen LogP contribution in [0.15, 0.2) is 29.3 Å². The summed E-state index contributed by atoms with van der Waals surface area (Å²) >= 11 is 7.59. The van der Waals surface area contributed by atoms with Gasteiger partial charge in [0.2, 0.25) is 0 Å². The van der Waals surface area contributed by atoms with Gasteiger partial charge in [0, 0.05) is 17.4 Å². The van der Waals surface area contributed by atoms with Gasteiger partial charge in [-0.15, -0.1) is 0 Å². The Balaban J connectivity index is 1.78. The molecule has 0 unspecified atom stereocenters. The molecule has 0 bridgehead atoms. The van der Waals surface area contributed by atoms with Crippen LogP contribution in [0.3, 0.4) is 0 Å². The fourth-order valence-corrected chi connectivity index (χ4v) is 2.80. The molecule has 1 heterocycles. The minimum atomic E-state index is 0.254. The summed E-state index contributed by atoms with van der Waals surface area (Å²) in [5.74, 6) is 0.751. The Labute approximate surface area is 117 Å².